The van der Waals surface area contributed by atoms with Crippen LogP contribution in [-0.2, 0) is 9.47 Å². The minimum absolute atomic E-state index is 0.0701. The van der Waals surface area contributed by atoms with Crippen LogP contribution in [0.5, 0.6) is 0 Å². The Bertz CT molecular complexity index is 904. The average molecular weight is 520 g/mol. The molecule has 0 fully saturated rings. The predicted octanol–water partition coefficient (Wildman–Crippen LogP) is 5.65. The Balaban J connectivity index is 2.23. The Morgan fingerprint density at radius 3 is 2.68 bits per heavy atom. The third kappa shape index (κ3) is 7.15. The Hall–Kier alpha value is -1.71. The van der Waals surface area contributed by atoms with Gasteiger partial charge in [-0.15, -0.1) is 0 Å². The summed E-state index contributed by atoms with van der Waals surface area (Å²) in [6, 6.07) is 3.16. The van der Waals surface area contributed by atoms with Crippen LogP contribution in [0.2, 0.25) is 5.28 Å². The molecule has 1 amide bonds. The molecule has 1 aromatic heterocycles. The molecule has 10 heteroatoms. The van der Waals surface area contributed by atoms with Crippen LogP contribution in [0.4, 0.5) is 15.0 Å². The largest absolute Gasteiger partial charge is 0.444 e. The molecule has 0 bridgehead atoms. The van der Waals surface area contributed by atoms with Gasteiger partial charge < -0.3 is 19.7 Å². The van der Waals surface area contributed by atoms with E-state index in [0.717, 1.165) is 12.8 Å². The van der Waals surface area contributed by atoms with Gasteiger partial charge in [-0.3, -0.25) is 0 Å². The number of benzene rings is 1. The fourth-order valence-corrected chi connectivity index (χ4v) is 3.63. The van der Waals surface area contributed by atoms with E-state index >= 15 is 0 Å². The second kappa shape index (κ2) is 11.2. The van der Waals surface area contributed by atoms with Gasteiger partial charge in [0.15, 0.2) is 5.82 Å². The minimum atomic E-state index is -0.617. The molecule has 1 aromatic carbocycles. The Morgan fingerprint density at radius 2 is 2.06 bits per heavy atom. The van der Waals surface area contributed by atoms with Gasteiger partial charge >= 0.3 is 6.09 Å². The zero-order valence-corrected chi connectivity index (χ0v) is 20.8. The first kappa shape index (κ1) is 25.5. The van der Waals surface area contributed by atoms with Gasteiger partial charge in [-0.25, -0.2) is 19.2 Å². The molecule has 0 radical (unpaired) electrons. The van der Waals surface area contributed by atoms with Crippen molar-refractivity contribution in [1.29, 1.82) is 0 Å². The molecule has 1 atom stereocenters. The molecule has 2 aromatic rings. The van der Waals surface area contributed by atoms with Crippen LogP contribution < -0.4 is 5.32 Å². The normalized spacial score (nSPS) is 12.6. The molecule has 0 saturated carbocycles. The number of fused-ring (bicyclic) bond motifs is 1. The van der Waals surface area contributed by atoms with E-state index in [9.17, 15) is 9.18 Å². The molecule has 1 heterocycles. The van der Waals surface area contributed by atoms with E-state index in [4.69, 9.17) is 21.1 Å². The van der Waals surface area contributed by atoms with E-state index in [1.807, 2.05) is 20.8 Å². The summed E-state index contributed by atoms with van der Waals surface area (Å²) in [5, 5.41) is 3.58. The number of carbonyl (C=O) groups excluding carboxylic acids is 1. The van der Waals surface area contributed by atoms with Gasteiger partial charge in [0, 0.05) is 25.6 Å². The van der Waals surface area contributed by atoms with Gasteiger partial charge in [0.1, 0.15) is 16.9 Å². The maximum absolute atomic E-state index is 14.4. The first-order valence-electron chi connectivity index (χ1n) is 10.1. The fourth-order valence-electron chi connectivity index (χ4n) is 3.14. The molecule has 1 N–H and O–H groups in total. The van der Waals surface area contributed by atoms with Gasteiger partial charge in [0.25, 0.3) is 0 Å². The second-order valence-electron chi connectivity index (χ2n) is 8.10. The summed E-state index contributed by atoms with van der Waals surface area (Å²) in [5.41, 5.74) is -0.502. The second-order valence-corrected chi connectivity index (χ2v) is 9.29. The summed E-state index contributed by atoms with van der Waals surface area (Å²) in [4.78, 5) is 22.7. The van der Waals surface area contributed by atoms with Crippen molar-refractivity contribution in [3.63, 3.8) is 0 Å². The number of methoxy groups -OCH3 is 1. The quantitative estimate of drug-likeness (QED) is 0.432. The number of rotatable bonds is 9. The molecule has 172 valence electrons. The van der Waals surface area contributed by atoms with Crippen LogP contribution in [0.1, 0.15) is 40.5 Å². The van der Waals surface area contributed by atoms with Gasteiger partial charge in [-0.2, -0.15) is 0 Å². The van der Waals surface area contributed by atoms with E-state index < -0.39 is 17.5 Å². The van der Waals surface area contributed by atoms with E-state index in [1.165, 1.54) is 0 Å². The molecule has 0 spiro atoms. The summed E-state index contributed by atoms with van der Waals surface area (Å²) >= 11 is 9.15. The SMILES string of the molecule is CCCC(COC)N(CCNc1nc(Cl)nc2c(F)c(Br)ccc12)C(=O)OC(C)(C)C. The van der Waals surface area contributed by atoms with Crippen molar-refractivity contribution in [3.05, 3.63) is 27.7 Å². The highest BCUT2D eigenvalue weighted by molar-refractivity contribution is 9.10. The maximum atomic E-state index is 14.4. The highest BCUT2D eigenvalue weighted by atomic mass is 79.9. The average Bonchev–Trinajstić information content (AvgIpc) is 2.67. The van der Waals surface area contributed by atoms with Gasteiger partial charge in [0.2, 0.25) is 5.28 Å². The number of nitrogens with one attached hydrogen (secondary N) is 1. The summed E-state index contributed by atoms with van der Waals surface area (Å²) in [6.07, 6.45) is 1.25. The van der Waals surface area contributed by atoms with Crippen molar-refractivity contribution in [1.82, 2.24) is 14.9 Å². The van der Waals surface area contributed by atoms with E-state index in [0.29, 0.717) is 35.4 Å². The number of aromatic nitrogens is 2. The first-order valence-corrected chi connectivity index (χ1v) is 11.3. The van der Waals surface area contributed by atoms with Crippen molar-refractivity contribution >= 4 is 50.3 Å². The van der Waals surface area contributed by atoms with Crippen LogP contribution >= 0.6 is 27.5 Å². The van der Waals surface area contributed by atoms with Crippen molar-refractivity contribution < 1.29 is 18.7 Å². The lowest BCUT2D eigenvalue weighted by molar-refractivity contribution is 0.00555. The number of ether oxygens (including phenoxy) is 2. The number of anilines is 1. The predicted molar refractivity (Wildman–Crippen MR) is 124 cm³/mol. The van der Waals surface area contributed by atoms with Crippen LogP contribution in [0.3, 0.4) is 0 Å². The van der Waals surface area contributed by atoms with Crippen molar-refractivity contribution in [2.75, 3.05) is 32.1 Å². The molecule has 0 aliphatic carbocycles. The molecule has 1 unspecified atom stereocenters. The van der Waals surface area contributed by atoms with Crippen LogP contribution in [0.15, 0.2) is 16.6 Å². The number of nitrogens with zero attached hydrogens (tertiary/aromatic N) is 3. The first-order chi connectivity index (χ1) is 14.6. The third-order valence-corrected chi connectivity index (χ3v) is 5.21. The summed E-state index contributed by atoms with van der Waals surface area (Å²) in [5.74, 6) is -0.118. The third-order valence-electron chi connectivity index (χ3n) is 4.43. The fraction of sp³-hybridized carbons (Fsp3) is 0.571. The maximum Gasteiger partial charge on any atom is 0.410 e. The Labute approximate surface area is 195 Å². The van der Waals surface area contributed by atoms with Crippen LogP contribution in [0, 0.1) is 5.82 Å². The molecule has 7 nitrogen and oxygen atoms in total. The monoisotopic (exact) mass is 518 g/mol. The topological polar surface area (TPSA) is 76.6 Å². The molecule has 0 aliphatic heterocycles. The summed E-state index contributed by atoms with van der Waals surface area (Å²) < 4.78 is 25.7. The molecular weight excluding hydrogens is 491 g/mol. The van der Waals surface area contributed by atoms with Crippen molar-refractivity contribution in [2.45, 2.75) is 52.2 Å². The number of hydrogen-bond donors (Lipinski definition) is 1. The number of halogens is 3. The Morgan fingerprint density at radius 1 is 1.35 bits per heavy atom. The van der Waals surface area contributed by atoms with Gasteiger partial charge in [0.05, 0.1) is 17.1 Å². The lowest BCUT2D eigenvalue weighted by Crippen LogP contribution is -2.47. The zero-order valence-electron chi connectivity index (χ0n) is 18.5. The van der Waals surface area contributed by atoms with E-state index in [1.54, 1.807) is 24.1 Å². The zero-order chi connectivity index (χ0) is 23.2. The van der Waals surface area contributed by atoms with Gasteiger partial charge in [-0.1, -0.05) is 13.3 Å². The number of amides is 1. The molecule has 31 heavy (non-hydrogen) atoms. The van der Waals surface area contributed by atoms with Crippen molar-refractivity contribution in [2.24, 2.45) is 0 Å². The van der Waals surface area contributed by atoms with Crippen LogP contribution in [-0.4, -0.2) is 59.4 Å². The highest BCUT2D eigenvalue weighted by Gasteiger charge is 2.28. The summed E-state index contributed by atoms with van der Waals surface area (Å²) in [6.45, 7) is 8.62. The minimum Gasteiger partial charge on any atom is -0.444 e. The molecule has 2 rings (SSSR count). The Kier molecular flexibility index (Phi) is 9.27. The number of hydrogen-bond acceptors (Lipinski definition) is 6. The van der Waals surface area contributed by atoms with Crippen molar-refractivity contribution in [3.8, 4) is 0 Å². The molecule has 0 aliphatic rings. The molecule has 0 saturated heterocycles. The smallest absolute Gasteiger partial charge is 0.410 e. The molecular formula is C21H29BrClFN4O3. The standard InChI is InChI=1S/C21H29BrClFN4O3/c1-6-7-13(12-30-5)28(20(29)31-21(2,3)4)11-10-25-18-14-8-9-15(22)16(24)17(14)26-19(23)27-18/h8-9,13H,6-7,10-12H2,1-5H3,(H,25,26,27). The van der Waals surface area contributed by atoms with E-state index in [-0.39, 0.29) is 16.8 Å². The lowest BCUT2D eigenvalue weighted by Gasteiger charge is -2.33. The van der Waals surface area contributed by atoms with E-state index in [2.05, 4.69) is 38.1 Å². The number of carbonyl (C=O) groups is 1. The summed E-state index contributed by atoms with van der Waals surface area (Å²) in [7, 11) is 1.61. The lowest BCUT2D eigenvalue weighted by atomic mass is 10.1. The highest BCUT2D eigenvalue weighted by Crippen LogP contribution is 2.28. The van der Waals surface area contributed by atoms with Gasteiger partial charge in [-0.05, 0) is 66.9 Å². The van der Waals surface area contributed by atoms with Crippen LogP contribution in [0.25, 0.3) is 10.9 Å².